The van der Waals surface area contributed by atoms with Crippen molar-refractivity contribution in [2.75, 3.05) is 44.3 Å². The van der Waals surface area contributed by atoms with Gasteiger partial charge in [-0.2, -0.15) is 4.31 Å². The quantitative estimate of drug-likeness (QED) is 0.648. The number of nitrogens with one attached hydrogen (secondary N) is 1. The van der Waals surface area contributed by atoms with Crippen molar-refractivity contribution >= 4 is 56.6 Å². The standard InChI is InChI=1S/C19H21Cl2N3O3S2/c1-28-17-5-3-2-4-16(17)22-19(25)13-23-8-10-24(11-9-23)29(26,27)18-12-14(20)6-7-15(18)21/h2-7,12H,8-11,13H2,1H3,(H,22,25). The molecule has 10 heteroatoms. The highest BCUT2D eigenvalue weighted by Gasteiger charge is 2.30. The van der Waals surface area contributed by atoms with E-state index in [0.717, 1.165) is 10.6 Å². The summed E-state index contributed by atoms with van der Waals surface area (Å²) in [6.45, 7) is 1.66. The smallest absolute Gasteiger partial charge is 0.244 e. The van der Waals surface area contributed by atoms with Crippen LogP contribution in [-0.4, -0.2) is 62.5 Å². The number of nitrogens with zero attached hydrogens (tertiary/aromatic N) is 2. The molecule has 2 aromatic carbocycles. The van der Waals surface area contributed by atoms with Gasteiger partial charge in [0.15, 0.2) is 0 Å². The largest absolute Gasteiger partial charge is 0.324 e. The second kappa shape index (κ2) is 9.68. The maximum Gasteiger partial charge on any atom is 0.244 e. The van der Waals surface area contributed by atoms with Crippen LogP contribution in [0.2, 0.25) is 10.0 Å². The molecule has 0 bridgehead atoms. The first-order valence-corrected chi connectivity index (χ1v) is 12.3. The van der Waals surface area contributed by atoms with Gasteiger partial charge < -0.3 is 5.32 Å². The molecule has 1 aliphatic heterocycles. The molecule has 0 radical (unpaired) electrons. The molecule has 3 rings (SSSR count). The van der Waals surface area contributed by atoms with Crippen molar-refractivity contribution in [3.05, 3.63) is 52.5 Å². The summed E-state index contributed by atoms with van der Waals surface area (Å²) in [4.78, 5) is 15.3. The Morgan fingerprint density at radius 1 is 1.10 bits per heavy atom. The Hall–Kier alpha value is -1.29. The number of anilines is 1. The maximum atomic E-state index is 12.9. The van der Waals surface area contributed by atoms with Gasteiger partial charge in [0.2, 0.25) is 15.9 Å². The van der Waals surface area contributed by atoms with E-state index in [0.29, 0.717) is 18.1 Å². The van der Waals surface area contributed by atoms with E-state index in [4.69, 9.17) is 23.2 Å². The number of para-hydroxylation sites is 1. The second-order valence-electron chi connectivity index (χ2n) is 6.50. The fourth-order valence-corrected chi connectivity index (χ4v) is 5.80. The van der Waals surface area contributed by atoms with Crippen LogP contribution in [0.1, 0.15) is 0 Å². The summed E-state index contributed by atoms with van der Waals surface area (Å²) in [6, 6.07) is 12.0. The maximum absolute atomic E-state index is 12.9. The van der Waals surface area contributed by atoms with Gasteiger partial charge in [0.25, 0.3) is 0 Å². The van der Waals surface area contributed by atoms with E-state index in [9.17, 15) is 13.2 Å². The first kappa shape index (κ1) is 22.4. The van der Waals surface area contributed by atoms with Gasteiger partial charge in [0.1, 0.15) is 4.90 Å². The second-order valence-corrected chi connectivity index (χ2v) is 10.1. The fraction of sp³-hybridized carbons (Fsp3) is 0.316. The van der Waals surface area contributed by atoms with E-state index in [1.165, 1.54) is 16.4 Å². The highest BCUT2D eigenvalue weighted by atomic mass is 35.5. The number of thioether (sulfide) groups is 1. The van der Waals surface area contributed by atoms with E-state index >= 15 is 0 Å². The minimum Gasteiger partial charge on any atom is -0.324 e. The van der Waals surface area contributed by atoms with Crippen molar-refractivity contribution in [2.24, 2.45) is 0 Å². The predicted octanol–water partition coefficient (Wildman–Crippen LogP) is 3.66. The van der Waals surface area contributed by atoms with Crippen molar-refractivity contribution in [1.82, 2.24) is 9.21 Å². The zero-order chi connectivity index (χ0) is 21.0. The molecule has 0 spiro atoms. The molecule has 0 aliphatic carbocycles. The molecule has 6 nitrogen and oxygen atoms in total. The van der Waals surface area contributed by atoms with Gasteiger partial charge in [-0.25, -0.2) is 8.42 Å². The highest BCUT2D eigenvalue weighted by molar-refractivity contribution is 7.98. The molecule has 0 saturated carbocycles. The van der Waals surface area contributed by atoms with Crippen LogP contribution in [-0.2, 0) is 14.8 Å². The third kappa shape index (κ3) is 5.45. The molecule has 2 aromatic rings. The molecular weight excluding hydrogens is 453 g/mol. The van der Waals surface area contributed by atoms with Crippen LogP contribution in [0, 0.1) is 0 Å². The normalized spacial score (nSPS) is 16.0. The Balaban J connectivity index is 1.59. The molecular formula is C19H21Cl2N3O3S2. The van der Waals surface area contributed by atoms with Crippen LogP contribution >= 0.6 is 35.0 Å². The van der Waals surface area contributed by atoms with Crippen LogP contribution in [0.4, 0.5) is 5.69 Å². The summed E-state index contributed by atoms with van der Waals surface area (Å²) in [5, 5.41) is 3.38. The van der Waals surface area contributed by atoms with Gasteiger partial charge in [0.05, 0.1) is 17.3 Å². The number of carbonyl (C=O) groups is 1. The number of piperazine rings is 1. The Bertz CT molecular complexity index is 994. The van der Waals surface area contributed by atoms with Crippen LogP contribution < -0.4 is 5.32 Å². The van der Waals surface area contributed by atoms with Gasteiger partial charge in [-0.05, 0) is 36.6 Å². The number of rotatable bonds is 6. The van der Waals surface area contributed by atoms with Gasteiger partial charge in [-0.1, -0.05) is 35.3 Å². The zero-order valence-corrected chi connectivity index (χ0v) is 18.9. The third-order valence-electron chi connectivity index (χ3n) is 4.59. The fourth-order valence-electron chi connectivity index (χ4n) is 3.08. The van der Waals surface area contributed by atoms with E-state index in [-0.39, 0.29) is 35.5 Å². The molecule has 29 heavy (non-hydrogen) atoms. The summed E-state index contributed by atoms with van der Waals surface area (Å²) in [6.07, 6.45) is 1.96. The van der Waals surface area contributed by atoms with Crippen molar-refractivity contribution in [2.45, 2.75) is 9.79 Å². The van der Waals surface area contributed by atoms with Crippen LogP contribution in [0.25, 0.3) is 0 Å². The molecule has 1 amide bonds. The Morgan fingerprint density at radius 3 is 2.48 bits per heavy atom. The van der Waals surface area contributed by atoms with Crippen molar-refractivity contribution < 1.29 is 13.2 Å². The zero-order valence-electron chi connectivity index (χ0n) is 15.8. The van der Waals surface area contributed by atoms with Gasteiger partial charge >= 0.3 is 0 Å². The van der Waals surface area contributed by atoms with E-state index in [2.05, 4.69) is 5.32 Å². The van der Waals surface area contributed by atoms with Crippen molar-refractivity contribution in [3.8, 4) is 0 Å². The lowest BCUT2D eigenvalue weighted by Gasteiger charge is -2.33. The molecule has 0 aromatic heterocycles. The van der Waals surface area contributed by atoms with Crippen molar-refractivity contribution in [3.63, 3.8) is 0 Å². The predicted molar refractivity (Wildman–Crippen MR) is 119 cm³/mol. The lowest BCUT2D eigenvalue weighted by molar-refractivity contribution is -0.117. The summed E-state index contributed by atoms with van der Waals surface area (Å²) in [5.74, 6) is -0.124. The van der Waals surface area contributed by atoms with E-state index in [1.807, 2.05) is 35.4 Å². The topological polar surface area (TPSA) is 69.7 Å². The Kier molecular flexibility index (Phi) is 7.47. The number of hydrogen-bond acceptors (Lipinski definition) is 5. The average molecular weight is 474 g/mol. The minimum atomic E-state index is -3.74. The van der Waals surface area contributed by atoms with E-state index in [1.54, 1.807) is 17.8 Å². The summed E-state index contributed by atoms with van der Waals surface area (Å²) in [5.41, 5.74) is 0.779. The molecule has 0 unspecified atom stereocenters. The molecule has 1 saturated heterocycles. The van der Waals surface area contributed by atoms with Gasteiger partial charge in [-0.15, -0.1) is 11.8 Å². The van der Waals surface area contributed by atoms with E-state index < -0.39 is 10.0 Å². The Labute approximate surface area is 185 Å². The van der Waals surface area contributed by atoms with Crippen molar-refractivity contribution in [1.29, 1.82) is 0 Å². The van der Waals surface area contributed by atoms with Crippen LogP contribution in [0.15, 0.2) is 52.3 Å². The number of sulfonamides is 1. The first-order chi connectivity index (χ1) is 13.8. The van der Waals surface area contributed by atoms with Crippen LogP contribution in [0.3, 0.4) is 0 Å². The van der Waals surface area contributed by atoms with Gasteiger partial charge in [-0.3, -0.25) is 9.69 Å². The monoisotopic (exact) mass is 473 g/mol. The molecule has 1 aliphatic rings. The number of amides is 1. The summed E-state index contributed by atoms with van der Waals surface area (Å²) < 4.78 is 27.1. The Morgan fingerprint density at radius 2 is 1.79 bits per heavy atom. The molecule has 1 N–H and O–H groups in total. The molecule has 1 fully saturated rings. The number of benzene rings is 2. The average Bonchev–Trinajstić information content (AvgIpc) is 2.70. The minimum absolute atomic E-state index is 0.00605. The SMILES string of the molecule is CSc1ccccc1NC(=O)CN1CCN(S(=O)(=O)c2cc(Cl)ccc2Cl)CC1. The summed E-state index contributed by atoms with van der Waals surface area (Å²) in [7, 11) is -3.74. The van der Waals surface area contributed by atoms with Gasteiger partial charge in [0, 0.05) is 36.1 Å². The first-order valence-electron chi connectivity index (χ1n) is 8.91. The third-order valence-corrected chi connectivity index (χ3v) is 8.00. The molecule has 156 valence electrons. The number of halogens is 2. The lowest BCUT2D eigenvalue weighted by Crippen LogP contribution is -2.50. The number of hydrogen-bond donors (Lipinski definition) is 1. The molecule has 1 heterocycles. The van der Waals surface area contributed by atoms with Crippen LogP contribution in [0.5, 0.6) is 0 Å². The molecule has 0 atom stereocenters. The summed E-state index contributed by atoms with van der Waals surface area (Å²) >= 11 is 13.6. The number of carbonyl (C=O) groups excluding carboxylic acids is 1. The highest BCUT2D eigenvalue weighted by Crippen LogP contribution is 2.28. The lowest BCUT2D eigenvalue weighted by atomic mass is 10.3.